The number of guanidine groups is 1. The number of amides is 1. The summed E-state index contributed by atoms with van der Waals surface area (Å²) in [4.78, 5) is 18.5. The molecule has 0 unspecified atom stereocenters. The summed E-state index contributed by atoms with van der Waals surface area (Å²) in [7, 11) is 1.72. The van der Waals surface area contributed by atoms with Crippen molar-refractivity contribution in [2.24, 2.45) is 4.99 Å². The Hall–Kier alpha value is -1.29. The molecule has 0 bridgehead atoms. The van der Waals surface area contributed by atoms with Crippen LogP contribution >= 0.6 is 24.0 Å². The monoisotopic (exact) mass is 463 g/mol. The number of likely N-dealkylation sites (tertiary alicyclic amines) is 1. The number of carbonyl (C=O) groups is 1. The molecule has 0 atom stereocenters. The summed E-state index contributed by atoms with van der Waals surface area (Å²) < 4.78 is 5.18. The lowest BCUT2D eigenvalue weighted by Crippen LogP contribution is -2.51. The molecule has 1 aromatic rings. The number of hydrogen-bond acceptors (Lipinski definition) is 4. The van der Waals surface area contributed by atoms with Gasteiger partial charge in [0.25, 0.3) is 0 Å². The van der Waals surface area contributed by atoms with Crippen LogP contribution in [0.1, 0.15) is 32.4 Å². The average molecular weight is 463 g/mol. The van der Waals surface area contributed by atoms with Gasteiger partial charge in [0, 0.05) is 32.2 Å². The molecular formula is C17H30IN5O2. The van der Waals surface area contributed by atoms with Crippen molar-refractivity contribution in [1.29, 1.82) is 0 Å². The average Bonchev–Trinajstić information content (AvgIpc) is 3.10. The van der Waals surface area contributed by atoms with E-state index in [4.69, 9.17) is 4.42 Å². The smallest absolute Gasteiger partial charge is 0.239 e. The molecule has 1 fully saturated rings. The molecule has 2 heterocycles. The minimum Gasteiger partial charge on any atom is -0.467 e. The Bertz CT molecular complexity index is 525. The molecular weight excluding hydrogens is 433 g/mol. The molecule has 0 radical (unpaired) electrons. The molecule has 1 amide bonds. The minimum atomic E-state index is -0.0935. The number of rotatable bonds is 6. The second kappa shape index (κ2) is 11.3. The predicted octanol–water partition coefficient (Wildman–Crippen LogP) is 1.55. The van der Waals surface area contributed by atoms with Crippen molar-refractivity contribution < 1.29 is 9.21 Å². The fourth-order valence-electron chi connectivity index (χ4n) is 2.77. The highest BCUT2D eigenvalue weighted by Gasteiger charge is 2.21. The highest BCUT2D eigenvalue weighted by atomic mass is 127. The van der Waals surface area contributed by atoms with Crippen LogP contribution in [0.3, 0.4) is 0 Å². The zero-order chi connectivity index (χ0) is 17.4. The number of halogens is 1. The largest absolute Gasteiger partial charge is 0.467 e. The molecule has 3 N–H and O–H groups in total. The van der Waals surface area contributed by atoms with Gasteiger partial charge in [-0.15, -0.1) is 24.0 Å². The van der Waals surface area contributed by atoms with Crippen molar-refractivity contribution in [2.45, 2.75) is 45.3 Å². The zero-order valence-electron chi connectivity index (χ0n) is 15.2. The van der Waals surface area contributed by atoms with E-state index in [9.17, 15) is 4.79 Å². The van der Waals surface area contributed by atoms with E-state index in [0.29, 0.717) is 24.6 Å². The summed E-state index contributed by atoms with van der Waals surface area (Å²) in [6, 6.07) is 4.63. The molecule has 8 heteroatoms. The van der Waals surface area contributed by atoms with E-state index in [2.05, 4.69) is 39.7 Å². The Kier molecular flexibility index (Phi) is 9.88. The van der Waals surface area contributed by atoms with Crippen LogP contribution in [0.4, 0.5) is 0 Å². The van der Waals surface area contributed by atoms with Crippen molar-refractivity contribution in [1.82, 2.24) is 20.9 Å². The summed E-state index contributed by atoms with van der Waals surface area (Å²) in [5.41, 5.74) is 0. The molecule has 142 valence electrons. The maximum atomic E-state index is 11.9. The van der Waals surface area contributed by atoms with Crippen LogP contribution in [0.5, 0.6) is 0 Å². The van der Waals surface area contributed by atoms with Gasteiger partial charge in [-0.25, -0.2) is 0 Å². The first-order valence-corrected chi connectivity index (χ1v) is 8.58. The summed E-state index contributed by atoms with van der Waals surface area (Å²) in [6.45, 7) is 7.23. The van der Waals surface area contributed by atoms with Gasteiger partial charge in [0.05, 0.1) is 19.4 Å². The fraction of sp³-hybridized carbons (Fsp3) is 0.647. The second-order valence-electron chi connectivity index (χ2n) is 6.33. The van der Waals surface area contributed by atoms with Crippen LogP contribution in [-0.2, 0) is 11.3 Å². The van der Waals surface area contributed by atoms with E-state index >= 15 is 0 Å². The number of furan rings is 1. The quantitative estimate of drug-likeness (QED) is 0.339. The summed E-state index contributed by atoms with van der Waals surface area (Å²) >= 11 is 0. The van der Waals surface area contributed by atoms with Crippen molar-refractivity contribution in [3.8, 4) is 0 Å². The Morgan fingerprint density at radius 2 is 2.08 bits per heavy atom. The first-order valence-electron chi connectivity index (χ1n) is 8.58. The highest BCUT2D eigenvalue weighted by molar-refractivity contribution is 14.0. The molecule has 1 saturated heterocycles. The van der Waals surface area contributed by atoms with Crippen LogP contribution < -0.4 is 16.0 Å². The molecule has 1 aromatic heterocycles. The van der Waals surface area contributed by atoms with Crippen LogP contribution in [0.15, 0.2) is 27.8 Å². The Morgan fingerprint density at radius 1 is 1.36 bits per heavy atom. The molecule has 7 nitrogen and oxygen atoms in total. The Morgan fingerprint density at radius 3 is 2.64 bits per heavy atom. The van der Waals surface area contributed by atoms with Gasteiger partial charge in [0.1, 0.15) is 5.76 Å². The van der Waals surface area contributed by atoms with Gasteiger partial charge < -0.3 is 25.3 Å². The van der Waals surface area contributed by atoms with Gasteiger partial charge in [0.2, 0.25) is 5.91 Å². The molecule has 2 rings (SSSR count). The van der Waals surface area contributed by atoms with Crippen molar-refractivity contribution in [3.63, 3.8) is 0 Å². The van der Waals surface area contributed by atoms with Crippen molar-refractivity contribution >= 4 is 35.8 Å². The number of hydrogen-bond donors (Lipinski definition) is 3. The third kappa shape index (κ3) is 7.64. The number of aliphatic imine (C=N–C) groups is 1. The third-order valence-corrected chi connectivity index (χ3v) is 4.28. The first kappa shape index (κ1) is 21.8. The lowest BCUT2D eigenvalue weighted by atomic mass is 10.0. The van der Waals surface area contributed by atoms with Gasteiger partial charge in [-0.1, -0.05) is 0 Å². The van der Waals surface area contributed by atoms with E-state index in [0.717, 1.165) is 31.7 Å². The fourth-order valence-corrected chi connectivity index (χ4v) is 2.77. The number of nitrogens with zero attached hydrogens (tertiary/aromatic N) is 2. The maximum Gasteiger partial charge on any atom is 0.239 e. The van der Waals surface area contributed by atoms with Gasteiger partial charge in [-0.2, -0.15) is 0 Å². The topological polar surface area (TPSA) is 81.9 Å². The SMILES string of the molecule is CN=C(NCC(=O)NCc1ccco1)NC1CCN(C(C)C)CC1.I. The lowest BCUT2D eigenvalue weighted by Gasteiger charge is -2.35. The predicted molar refractivity (Wildman–Crippen MR) is 110 cm³/mol. The maximum absolute atomic E-state index is 11.9. The summed E-state index contributed by atoms with van der Waals surface area (Å²) in [6.07, 6.45) is 3.77. The molecule has 0 aromatic carbocycles. The van der Waals surface area contributed by atoms with Crippen molar-refractivity contribution in [2.75, 3.05) is 26.7 Å². The van der Waals surface area contributed by atoms with Crippen LogP contribution in [-0.4, -0.2) is 55.5 Å². The second-order valence-corrected chi connectivity index (χ2v) is 6.33. The number of carbonyl (C=O) groups excluding carboxylic acids is 1. The van der Waals surface area contributed by atoms with Gasteiger partial charge in [-0.05, 0) is 38.8 Å². The molecule has 0 aliphatic carbocycles. The van der Waals surface area contributed by atoms with E-state index in [1.165, 1.54) is 0 Å². The summed E-state index contributed by atoms with van der Waals surface area (Å²) in [5, 5.41) is 9.27. The first-order chi connectivity index (χ1) is 11.6. The zero-order valence-corrected chi connectivity index (χ0v) is 17.6. The Labute approximate surface area is 167 Å². The summed E-state index contributed by atoms with van der Waals surface area (Å²) in [5.74, 6) is 1.32. The standard InChI is InChI=1S/C17H29N5O2.HI/c1-13(2)22-8-6-14(7-9-22)21-17(18-3)20-12-16(23)19-11-15-5-4-10-24-15;/h4-5,10,13-14H,6-9,11-12H2,1-3H3,(H,19,23)(H2,18,20,21);1H. The van der Waals surface area contributed by atoms with Gasteiger partial charge in [0.15, 0.2) is 5.96 Å². The molecule has 0 saturated carbocycles. The van der Waals surface area contributed by atoms with Crippen LogP contribution in [0, 0.1) is 0 Å². The molecule has 25 heavy (non-hydrogen) atoms. The van der Waals surface area contributed by atoms with Crippen LogP contribution in [0.25, 0.3) is 0 Å². The molecule has 1 aliphatic heterocycles. The molecule has 0 spiro atoms. The number of nitrogens with one attached hydrogen (secondary N) is 3. The van der Waals surface area contributed by atoms with E-state index in [1.807, 2.05) is 6.07 Å². The Balaban J connectivity index is 0.00000312. The highest BCUT2D eigenvalue weighted by Crippen LogP contribution is 2.12. The molecule has 1 aliphatic rings. The van der Waals surface area contributed by atoms with Crippen LogP contribution in [0.2, 0.25) is 0 Å². The number of piperidine rings is 1. The normalized spacial score (nSPS) is 16.4. The van der Waals surface area contributed by atoms with E-state index in [1.54, 1.807) is 19.4 Å². The van der Waals surface area contributed by atoms with Gasteiger partial charge >= 0.3 is 0 Å². The third-order valence-electron chi connectivity index (χ3n) is 4.28. The van der Waals surface area contributed by atoms with E-state index in [-0.39, 0.29) is 36.4 Å². The van der Waals surface area contributed by atoms with E-state index < -0.39 is 0 Å². The minimum absolute atomic E-state index is 0. The lowest BCUT2D eigenvalue weighted by molar-refractivity contribution is -0.120. The van der Waals surface area contributed by atoms with Crippen molar-refractivity contribution in [3.05, 3.63) is 24.2 Å². The van der Waals surface area contributed by atoms with Gasteiger partial charge in [-0.3, -0.25) is 9.79 Å².